The molecule has 0 aliphatic carbocycles. The van der Waals surface area contributed by atoms with E-state index in [1.807, 2.05) is 6.07 Å². The van der Waals surface area contributed by atoms with E-state index in [0.717, 1.165) is 0 Å². The summed E-state index contributed by atoms with van der Waals surface area (Å²) in [5.41, 5.74) is 0. The van der Waals surface area contributed by atoms with Crippen molar-refractivity contribution in [1.82, 2.24) is 0 Å². The van der Waals surface area contributed by atoms with Crippen LogP contribution in [0.15, 0.2) is 0 Å². The van der Waals surface area contributed by atoms with Gasteiger partial charge in [0.1, 0.15) is 16.6 Å². The molecule has 1 unspecified atom stereocenters. The van der Waals surface area contributed by atoms with Crippen molar-refractivity contribution in [2.75, 3.05) is 0 Å². The smallest absolute Gasteiger partial charge is 0.147 e. The summed E-state index contributed by atoms with van der Waals surface area (Å²) in [6.07, 6.45) is -0.198. The van der Waals surface area contributed by atoms with Crippen molar-refractivity contribution in [3.05, 3.63) is 0 Å². The lowest BCUT2D eigenvalue weighted by molar-refractivity contribution is 0.305. The minimum atomic E-state index is -0.198. The monoisotopic (exact) mass is 117 g/mol. The van der Waals surface area contributed by atoms with E-state index in [1.54, 1.807) is 6.92 Å². The average Bonchev–Trinajstić information content (AvgIpc) is 1.65. The highest BCUT2D eigenvalue weighted by Gasteiger charge is 1.87. The van der Waals surface area contributed by atoms with Crippen molar-refractivity contribution in [3.8, 4) is 6.07 Å². The minimum Gasteiger partial charge on any atom is -0.413 e. The summed E-state index contributed by atoms with van der Waals surface area (Å²) in [4.78, 5) is 0. The van der Waals surface area contributed by atoms with Crippen LogP contribution in [0.25, 0.3) is 0 Å². The standard InChI is InChI=1S/C3H7NOSi.CH4/c1-3(2-4)5-6;/h3H,1,6H3;1H4. The normalized spacial score (nSPS) is 11.4. The van der Waals surface area contributed by atoms with Gasteiger partial charge in [-0.25, -0.2) is 0 Å². The molecule has 0 bridgehead atoms. The van der Waals surface area contributed by atoms with Gasteiger partial charge in [-0.1, -0.05) is 7.43 Å². The molecule has 0 aliphatic rings. The van der Waals surface area contributed by atoms with E-state index in [1.165, 1.54) is 0 Å². The van der Waals surface area contributed by atoms with Crippen molar-refractivity contribution in [2.45, 2.75) is 20.5 Å². The Balaban J connectivity index is 0. The van der Waals surface area contributed by atoms with Crippen LogP contribution in [0.3, 0.4) is 0 Å². The minimum absolute atomic E-state index is 0. The zero-order valence-electron chi connectivity index (χ0n) is 3.93. The zero-order valence-corrected chi connectivity index (χ0v) is 5.93. The number of hydrogen-bond acceptors (Lipinski definition) is 2. The Morgan fingerprint density at radius 3 is 2.29 bits per heavy atom. The Hall–Kier alpha value is -0.333. The molecule has 2 nitrogen and oxygen atoms in total. The van der Waals surface area contributed by atoms with Crippen LogP contribution < -0.4 is 0 Å². The molecule has 0 aromatic heterocycles. The predicted molar refractivity (Wildman–Crippen MR) is 32.8 cm³/mol. The molecule has 0 saturated carbocycles. The third-order valence-corrected chi connectivity index (χ3v) is 1.24. The van der Waals surface area contributed by atoms with Crippen LogP contribution in [0.1, 0.15) is 14.4 Å². The van der Waals surface area contributed by atoms with Gasteiger partial charge in [0, 0.05) is 0 Å². The predicted octanol–water partition coefficient (Wildman–Crippen LogP) is -0.168. The molecular weight excluding hydrogens is 106 g/mol. The highest BCUT2D eigenvalue weighted by Crippen LogP contribution is 1.77. The van der Waals surface area contributed by atoms with Gasteiger partial charge in [-0.2, -0.15) is 5.26 Å². The summed E-state index contributed by atoms with van der Waals surface area (Å²) < 4.78 is 4.68. The average molecular weight is 117 g/mol. The molecular formula is C4H11NOSi. The molecule has 0 rings (SSSR count). The van der Waals surface area contributed by atoms with E-state index >= 15 is 0 Å². The van der Waals surface area contributed by atoms with Crippen LogP contribution in [-0.2, 0) is 4.43 Å². The Bertz CT molecular complexity index is 68.6. The second-order valence-corrected chi connectivity index (χ2v) is 1.48. The van der Waals surface area contributed by atoms with E-state index < -0.39 is 0 Å². The summed E-state index contributed by atoms with van der Waals surface area (Å²) in [6, 6.07) is 1.93. The number of nitriles is 1. The Morgan fingerprint density at radius 1 is 1.86 bits per heavy atom. The molecule has 0 amide bonds. The number of rotatable bonds is 1. The molecule has 0 spiro atoms. The van der Waals surface area contributed by atoms with E-state index in [-0.39, 0.29) is 13.5 Å². The molecule has 0 radical (unpaired) electrons. The summed E-state index contributed by atoms with van der Waals surface area (Å²) in [5, 5.41) is 7.98. The molecule has 0 aromatic rings. The summed E-state index contributed by atoms with van der Waals surface area (Å²) in [5.74, 6) is 0. The summed E-state index contributed by atoms with van der Waals surface area (Å²) >= 11 is 0. The number of nitrogens with zero attached hydrogens (tertiary/aromatic N) is 1. The molecule has 42 valence electrons. The Morgan fingerprint density at radius 2 is 2.29 bits per heavy atom. The van der Waals surface area contributed by atoms with E-state index in [0.29, 0.717) is 10.5 Å². The van der Waals surface area contributed by atoms with Crippen LogP contribution >= 0.6 is 0 Å². The molecule has 0 aromatic carbocycles. The summed E-state index contributed by atoms with van der Waals surface area (Å²) in [6.45, 7) is 1.73. The second-order valence-electron chi connectivity index (χ2n) is 1.01. The van der Waals surface area contributed by atoms with Gasteiger partial charge in [0.25, 0.3) is 0 Å². The van der Waals surface area contributed by atoms with Crippen molar-refractivity contribution >= 4 is 10.5 Å². The number of hydrogen-bond donors (Lipinski definition) is 0. The highest BCUT2D eigenvalue weighted by molar-refractivity contribution is 5.98. The van der Waals surface area contributed by atoms with Gasteiger partial charge in [0.2, 0.25) is 0 Å². The first kappa shape index (κ1) is 9.83. The first-order valence-corrected chi connectivity index (χ1v) is 2.55. The molecule has 0 heterocycles. The van der Waals surface area contributed by atoms with E-state index in [2.05, 4.69) is 4.43 Å². The van der Waals surface area contributed by atoms with Crippen LogP contribution in [0.5, 0.6) is 0 Å². The first-order valence-electron chi connectivity index (χ1n) is 1.73. The first-order chi connectivity index (χ1) is 2.81. The molecule has 0 aliphatic heterocycles. The van der Waals surface area contributed by atoms with Gasteiger partial charge in [-0.15, -0.1) is 0 Å². The quantitative estimate of drug-likeness (QED) is 0.447. The molecule has 7 heavy (non-hydrogen) atoms. The van der Waals surface area contributed by atoms with Gasteiger partial charge in [0.15, 0.2) is 0 Å². The van der Waals surface area contributed by atoms with Gasteiger partial charge in [-0.05, 0) is 6.92 Å². The van der Waals surface area contributed by atoms with Crippen LogP contribution in [0.2, 0.25) is 0 Å². The second kappa shape index (κ2) is 5.67. The third kappa shape index (κ3) is 5.67. The highest BCUT2D eigenvalue weighted by atomic mass is 28.2. The molecule has 0 saturated heterocycles. The van der Waals surface area contributed by atoms with Crippen molar-refractivity contribution in [1.29, 1.82) is 5.26 Å². The van der Waals surface area contributed by atoms with Crippen molar-refractivity contribution in [3.63, 3.8) is 0 Å². The van der Waals surface area contributed by atoms with Gasteiger partial charge in [-0.3, -0.25) is 0 Å². The fraction of sp³-hybridized carbons (Fsp3) is 0.750. The molecule has 0 fully saturated rings. The largest absolute Gasteiger partial charge is 0.413 e. The molecule has 3 heteroatoms. The van der Waals surface area contributed by atoms with Crippen LogP contribution in [0.4, 0.5) is 0 Å². The van der Waals surface area contributed by atoms with Crippen molar-refractivity contribution < 1.29 is 4.43 Å². The van der Waals surface area contributed by atoms with Gasteiger partial charge < -0.3 is 4.43 Å². The fourth-order valence-corrected chi connectivity index (χ4v) is 0.158. The SMILES string of the molecule is C.CC(C#N)O[SiH3]. The van der Waals surface area contributed by atoms with Crippen molar-refractivity contribution in [2.24, 2.45) is 0 Å². The van der Waals surface area contributed by atoms with Crippen LogP contribution in [-0.4, -0.2) is 16.6 Å². The summed E-state index contributed by atoms with van der Waals surface area (Å²) in [7, 11) is 0.660. The Labute approximate surface area is 47.6 Å². The van der Waals surface area contributed by atoms with E-state index in [4.69, 9.17) is 5.26 Å². The maximum Gasteiger partial charge on any atom is 0.147 e. The zero-order chi connectivity index (χ0) is 4.99. The van der Waals surface area contributed by atoms with E-state index in [9.17, 15) is 0 Å². The van der Waals surface area contributed by atoms with Gasteiger partial charge in [0.05, 0.1) is 6.07 Å². The maximum atomic E-state index is 7.98. The third-order valence-electron chi connectivity index (χ3n) is 0.535. The Kier molecular flexibility index (Phi) is 7.96. The molecule has 1 atom stereocenters. The van der Waals surface area contributed by atoms with Crippen LogP contribution in [0, 0.1) is 11.3 Å². The maximum absolute atomic E-state index is 7.98. The lowest BCUT2D eigenvalue weighted by atomic mass is 10.5. The topological polar surface area (TPSA) is 33.0 Å². The lowest BCUT2D eigenvalue weighted by Gasteiger charge is -1.92. The fourth-order valence-electron chi connectivity index (χ4n) is 0.0527. The molecule has 0 N–H and O–H groups in total. The lowest BCUT2D eigenvalue weighted by Crippen LogP contribution is -1.99. The van der Waals surface area contributed by atoms with Gasteiger partial charge >= 0.3 is 0 Å².